The SMILES string of the molecule is CCCCOC(=O)N[C@H]1CCN(S(=O)(=O)Nc2cc(OC)nc(SCc3cccc(F)c3F)n2)C1. The third-order valence-corrected chi connectivity index (χ3v) is 7.43. The van der Waals surface area contributed by atoms with Crippen LogP contribution in [0.3, 0.4) is 0 Å². The van der Waals surface area contributed by atoms with Crippen molar-refractivity contribution in [1.29, 1.82) is 0 Å². The van der Waals surface area contributed by atoms with Crippen molar-refractivity contribution in [2.75, 3.05) is 31.5 Å². The van der Waals surface area contributed by atoms with Gasteiger partial charge in [0.1, 0.15) is 5.82 Å². The molecule has 0 spiro atoms. The minimum atomic E-state index is -4.00. The zero-order valence-corrected chi connectivity index (χ0v) is 20.9. The number of methoxy groups -OCH3 is 1. The van der Waals surface area contributed by atoms with E-state index in [9.17, 15) is 22.0 Å². The van der Waals surface area contributed by atoms with Crippen LogP contribution in [-0.4, -0.2) is 61.6 Å². The van der Waals surface area contributed by atoms with Crippen LogP contribution >= 0.6 is 11.8 Å². The monoisotopic (exact) mass is 531 g/mol. The van der Waals surface area contributed by atoms with Crippen LogP contribution < -0.4 is 14.8 Å². The summed E-state index contributed by atoms with van der Waals surface area (Å²) in [4.78, 5) is 20.1. The van der Waals surface area contributed by atoms with Crippen molar-refractivity contribution < 1.29 is 31.5 Å². The number of ether oxygens (including phenoxy) is 2. The average molecular weight is 532 g/mol. The average Bonchev–Trinajstić information content (AvgIpc) is 3.29. The number of anilines is 1. The minimum Gasteiger partial charge on any atom is -0.481 e. The summed E-state index contributed by atoms with van der Waals surface area (Å²) in [5.41, 5.74) is 0.118. The Kier molecular flexibility index (Phi) is 9.46. The van der Waals surface area contributed by atoms with Gasteiger partial charge in [0.05, 0.1) is 13.7 Å². The Labute approximate surface area is 207 Å². The molecule has 0 saturated carbocycles. The number of halogens is 2. The number of nitrogens with zero attached hydrogens (tertiary/aromatic N) is 3. The lowest BCUT2D eigenvalue weighted by atomic mass is 10.2. The molecule has 1 aliphatic rings. The second-order valence-electron chi connectivity index (χ2n) is 7.66. The molecule has 1 fully saturated rings. The minimum absolute atomic E-state index is 0.0246. The van der Waals surface area contributed by atoms with Gasteiger partial charge in [-0.3, -0.25) is 4.72 Å². The van der Waals surface area contributed by atoms with E-state index in [4.69, 9.17) is 9.47 Å². The van der Waals surface area contributed by atoms with Crippen LogP contribution in [0, 0.1) is 11.6 Å². The number of amides is 1. The number of alkyl carbamates (subject to hydrolysis) is 1. The summed E-state index contributed by atoms with van der Waals surface area (Å²) in [7, 11) is -2.64. The predicted molar refractivity (Wildman–Crippen MR) is 126 cm³/mol. The predicted octanol–water partition coefficient (Wildman–Crippen LogP) is 3.31. The van der Waals surface area contributed by atoms with Crippen LogP contribution in [0.25, 0.3) is 0 Å². The highest BCUT2D eigenvalue weighted by atomic mass is 32.2. The van der Waals surface area contributed by atoms with Gasteiger partial charge >= 0.3 is 16.3 Å². The number of carbonyl (C=O) groups is 1. The first-order valence-electron chi connectivity index (χ1n) is 10.9. The lowest BCUT2D eigenvalue weighted by molar-refractivity contribution is 0.141. The molecule has 3 rings (SSSR count). The van der Waals surface area contributed by atoms with Gasteiger partial charge in [0.15, 0.2) is 16.8 Å². The number of carbonyl (C=O) groups excluding carboxylic acids is 1. The van der Waals surface area contributed by atoms with Crippen molar-refractivity contribution in [2.24, 2.45) is 0 Å². The Balaban J connectivity index is 1.63. The maximum absolute atomic E-state index is 13.9. The normalized spacial score (nSPS) is 16.2. The van der Waals surface area contributed by atoms with Gasteiger partial charge in [-0.2, -0.15) is 17.7 Å². The Bertz CT molecular complexity index is 1140. The van der Waals surface area contributed by atoms with Crippen LogP contribution in [0.5, 0.6) is 5.88 Å². The van der Waals surface area contributed by atoms with E-state index in [-0.39, 0.29) is 47.3 Å². The fourth-order valence-corrected chi connectivity index (χ4v) is 5.25. The van der Waals surface area contributed by atoms with E-state index in [0.717, 1.165) is 30.7 Å². The van der Waals surface area contributed by atoms with Crippen LogP contribution in [0.15, 0.2) is 29.4 Å². The summed E-state index contributed by atoms with van der Waals surface area (Å²) in [6.07, 6.45) is 1.50. The molecule has 0 radical (unpaired) electrons. The summed E-state index contributed by atoms with van der Waals surface area (Å²) in [6, 6.07) is 4.77. The first kappa shape index (κ1) is 26.9. The van der Waals surface area contributed by atoms with Crippen molar-refractivity contribution in [3.8, 4) is 5.88 Å². The highest BCUT2D eigenvalue weighted by Gasteiger charge is 2.33. The van der Waals surface area contributed by atoms with E-state index in [1.165, 1.54) is 29.6 Å². The standard InChI is InChI=1S/C21H27F2N5O5S2/c1-3-4-10-33-21(29)24-15-8-9-28(12-15)35(30,31)27-17-11-18(32-2)26-20(25-17)34-13-14-6-5-7-16(22)19(14)23/h5-7,11,15H,3-4,8-10,12-13H2,1-2H3,(H,24,29)(H,25,26,27)/t15-/m0/s1. The van der Waals surface area contributed by atoms with Gasteiger partial charge < -0.3 is 14.8 Å². The molecule has 1 amide bonds. The maximum Gasteiger partial charge on any atom is 0.407 e. The summed E-state index contributed by atoms with van der Waals surface area (Å²) in [5, 5.41) is 2.78. The number of rotatable bonds is 11. The van der Waals surface area contributed by atoms with E-state index in [1.807, 2.05) is 6.92 Å². The van der Waals surface area contributed by atoms with Crippen LogP contribution in [0.1, 0.15) is 31.7 Å². The number of hydrogen-bond donors (Lipinski definition) is 2. The molecular formula is C21H27F2N5O5S2. The molecule has 0 unspecified atom stereocenters. The summed E-state index contributed by atoms with van der Waals surface area (Å²) in [5.74, 6) is -1.85. The molecule has 10 nitrogen and oxygen atoms in total. The number of nitrogens with one attached hydrogen (secondary N) is 2. The van der Waals surface area contributed by atoms with Gasteiger partial charge in [-0.1, -0.05) is 37.2 Å². The molecule has 2 N–H and O–H groups in total. The fraction of sp³-hybridized carbons (Fsp3) is 0.476. The Morgan fingerprint density at radius 3 is 2.86 bits per heavy atom. The third kappa shape index (κ3) is 7.64. The fourth-order valence-electron chi connectivity index (χ4n) is 3.21. The van der Waals surface area contributed by atoms with Gasteiger partial charge in [-0.15, -0.1) is 0 Å². The Hall–Kier alpha value is -2.71. The quantitative estimate of drug-likeness (QED) is 0.257. The number of hydrogen-bond acceptors (Lipinski definition) is 8. The summed E-state index contributed by atoms with van der Waals surface area (Å²) < 4.78 is 66.9. The van der Waals surface area contributed by atoms with Crippen LogP contribution in [-0.2, 0) is 20.7 Å². The first-order valence-corrected chi connectivity index (χ1v) is 13.3. The largest absolute Gasteiger partial charge is 0.481 e. The molecule has 0 bridgehead atoms. The van der Waals surface area contributed by atoms with Gasteiger partial charge in [-0.05, 0) is 18.9 Å². The molecule has 192 valence electrons. The maximum atomic E-state index is 13.9. The second kappa shape index (κ2) is 12.3. The molecule has 1 aromatic heterocycles. The van der Waals surface area contributed by atoms with E-state index >= 15 is 0 Å². The zero-order valence-electron chi connectivity index (χ0n) is 19.3. The molecule has 1 atom stereocenters. The molecule has 1 saturated heterocycles. The third-order valence-electron chi connectivity index (χ3n) is 5.06. The molecular weight excluding hydrogens is 504 g/mol. The van der Waals surface area contributed by atoms with Gasteiger partial charge in [-0.25, -0.2) is 18.6 Å². The smallest absolute Gasteiger partial charge is 0.407 e. The van der Waals surface area contributed by atoms with Crippen molar-refractivity contribution in [2.45, 2.75) is 43.1 Å². The second-order valence-corrected chi connectivity index (χ2v) is 10.3. The van der Waals surface area contributed by atoms with Crippen molar-refractivity contribution in [3.05, 3.63) is 41.5 Å². The Morgan fingerprint density at radius 2 is 2.11 bits per heavy atom. The molecule has 1 aliphatic heterocycles. The molecule has 0 aliphatic carbocycles. The van der Waals surface area contributed by atoms with E-state index in [2.05, 4.69) is 20.0 Å². The number of thioether (sulfide) groups is 1. The molecule has 2 aromatic rings. The number of aromatic nitrogens is 2. The van der Waals surface area contributed by atoms with Gasteiger partial charge in [0.25, 0.3) is 0 Å². The van der Waals surface area contributed by atoms with Crippen LogP contribution in [0.4, 0.5) is 19.4 Å². The van der Waals surface area contributed by atoms with E-state index in [1.54, 1.807) is 0 Å². The summed E-state index contributed by atoms with van der Waals surface area (Å²) >= 11 is 0.995. The summed E-state index contributed by atoms with van der Waals surface area (Å²) in [6.45, 7) is 2.55. The lowest BCUT2D eigenvalue weighted by Gasteiger charge is -2.18. The van der Waals surface area contributed by atoms with Gasteiger partial charge in [0, 0.05) is 36.5 Å². The highest BCUT2D eigenvalue weighted by Crippen LogP contribution is 2.26. The van der Waals surface area contributed by atoms with Crippen molar-refractivity contribution in [3.63, 3.8) is 0 Å². The molecule has 2 heterocycles. The zero-order chi connectivity index (χ0) is 25.4. The lowest BCUT2D eigenvalue weighted by Crippen LogP contribution is -2.40. The van der Waals surface area contributed by atoms with Crippen molar-refractivity contribution in [1.82, 2.24) is 19.6 Å². The number of unbranched alkanes of at least 4 members (excludes halogenated alkanes) is 1. The molecule has 35 heavy (non-hydrogen) atoms. The first-order chi connectivity index (χ1) is 16.7. The van der Waals surface area contributed by atoms with Crippen molar-refractivity contribution >= 4 is 33.9 Å². The molecule has 14 heteroatoms. The van der Waals surface area contributed by atoms with Crippen LogP contribution in [0.2, 0.25) is 0 Å². The van der Waals surface area contributed by atoms with Gasteiger partial charge in [0.2, 0.25) is 5.88 Å². The Morgan fingerprint density at radius 1 is 1.31 bits per heavy atom. The topological polar surface area (TPSA) is 123 Å². The highest BCUT2D eigenvalue weighted by molar-refractivity contribution is 7.98. The van der Waals surface area contributed by atoms with E-state index < -0.39 is 27.9 Å². The van der Waals surface area contributed by atoms with E-state index in [0.29, 0.717) is 13.0 Å². The molecule has 1 aromatic carbocycles. The number of benzene rings is 1.